The van der Waals surface area contributed by atoms with E-state index in [4.69, 9.17) is 5.11 Å². The lowest BCUT2D eigenvalue weighted by Gasteiger charge is -2.06. The Morgan fingerprint density at radius 3 is 2.30 bits per heavy atom. The molecule has 0 aliphatic carbocycles. The van der Waals surface area contributed by atoms with E-state index in [0.29, 0.717) is 11.1 Å². The maximum absolute atomic E-state index is 12.9. The fraction of sp³-hybridized carbons (Fsp3) is 0.118. The highest BCUT2D eigenvalue weighted by Crippen LogP contribution is 2.16. The molecule has 0 aromatic heterocycles. The molecule has 2 nitrogen and oxygen atoms in total. The number of ketones is 1. The van der Waals surface area contributed by atoms with E-state index in [1.165, 1.54) is 12.1 Å². The summed E-state index contributed by atoms with van der Waals surface area (Å²) < 4.78 is 12.9. The van der Waals surface area contributed by atoms with Crippen molar-refractivity contribution in [3.63, 3.8) is 0 Å². The van der Waals surface area contributed by atoms with Crippen molar-refractivity contribution in [1.82, 2.24) is 0 Å². The minimum Gasteiger partial charge on any atom is -0.396 e. The van der Waals surface area contributed by atoms with E-state index in [9.17, 15) is 9.18 Å². The standard InChI is InChI=1S/C17H15FO2/c18-16-8-6-13(7-9-16)12-15(10-11-19)17(20)14-4-2-1-3-5-14/h1-9,12,19H,10-11H2/b15-12+. The van der Waals surface area contributed by atoms with E-state index in [1.54, 1.807) is 42.5 Å². The Hall–Kier alpha value is -2.26. The normalized spacial score (nSPS) is 11.4. The molecule has 2 rings (SSSR count). The summed E-state index contributed by atoms with van der Waals surface area (Å²) >= 11 is 0. The largest absolute Gasteiger partial charge is 0.396 e. The molecule has 0 unspecified atom stereocenters. The van der Waals surface area contributed by atoms with Crippen molar-refractivity contribution in [2.45, 2.75) is 6.42 Å². The van der Waals surface area contributed by atoms with Crippen molar-refractivity contribution >= 4 is 11.9 Å². The van der Waals surface area contributed by atoms with Crippen LogP contribution in [0.5, 0.6) is 0 Å². The van der Waals surface area contributed by atoms with Gasteiger partial charge in [-0.1, -0.05) is 42.5 Å². The minimum atomic E-state index is -0.319. The predicted molar refractivity (Wildman–Crippen MR) is 76.9 cm³/mol. The summed E-state index contributed by atoms with van der Waals surface area (Å²) in [4.78, 5) is 12.4. The van der Waals surface area contributed by atoms with Gasteiger partial charge in [-0.3, -0.25) is 4.79 Å². The second-order valence-electron chi connectivity index (χ2n) is 4.39. The third-order valence-electron chi connectivity index (χ3n) is 2.92. The maximum atomic E-state index is 12.9. The van der Waals surface area contributed by atoms with Gasteiger partial charge in [0.2, 0.25) is 0 Å². The van der Waals surface area contributed by atoms with Crippen LogP contribution in [0.3, 0.4) is 0 Å². The Morgan fingerprint density at radius 2 is 1.70 bits per heavy atom. The van der Waals surface area contributed by atoms with E-state index >= 15 is 0 Å². The van der Waals surface area contributed by atoms with E-state index in [2.05, 4.69) is 0 Å². The predicted octanol–water partition coefficient (Wildman–Crippen LogP) is 3.47. The Balaban J connectivity index is 2.31. The molecule has 0 saturated carbocycles. The lowest BCUT2D eigenvalue weighted by molar-refractivity contribution is 0.102. The molecule has 0 radical (unpaired) electrons. The first kappa shape index (κ1) is 14.2. The second-order valence-corrected chi connectivity index (χ2v) is 4.39. The summed E-state index contributed by atoms with van der Waals surface area (Å²) in [7, 11) is 0. The quantitative estimate of drug-likeness (QED) is 0.667. The third kappa shape index (κ3) is 3.62. The molecule has 0 saturated heterocycles. The van der Waals surface area contributed by atoms with Gasteiger partial charge in [0.05, 0.1) is 0 Å². The summed E-state index contributed by atoms with van der Waals surface area (Å²) in [6.45, 7) is -0.106. The number of carbonyl (C=O) groups is 1. The molecule has 0 spiro atoms. The minimum absolute atomic E-state index is 0.106. The Bertz CT molecular complexity index is 601. The number of Topliss-reactive ketones (excluding diaryl/α,β-unsaturated/α-hetero) is 1. The van der Waals surface area contributed by atoms with Crippen molar-refractivity contribution < 1.29 is 14.3 Å². The van der Waals surface area contributed by atoms with E-state index in [-0.39, 0.29) is 24.6 Å². The molecular weight excluding hydrogens is 255 g/mol. The zero-order chi connectivity index (χ0) is 14.4. The molecule has 20 heavy (non-hydrogen) atoms. The fourth-order valence-electron chi connectivity index (χ4n) is 1.91. The molecular formula is C17H15FO2. The van der Waals surface area contributed by atoms with Gasteiger partial charge in [0.1, 0.15) is 5.82 Å². The molecule has 2 aromatic carbocycles. The molecule has 0 bridgehead atoms. The molecule has 0 heterocycles. The number of halogens is 1. The molecule has 3 heteroatoms. The average Bonchev–Trinajstić information content (AvgIpc) is 2.49. The maximum Gasteiger partial charge on any atom is 0.189 e. The average molecular weight is 270 g/mol. The Labute approximate surface area is 117 Å². The molecule has 0 fully saturated rings. The van der Waals surface area contributed by atoms with E-state index < -0.39 is 0 Å². The Kier molecular flexibility index (Phi) is 4.80. The van der Waals surface area contributed by atoms with Crippen LogP contribution >= 0.6 is 0 Å². The summed E-state index contributed by atoms with van der Waals surface area (Å²) in [6, 6.07) is 14.8. The first-order valence-electron chi connectivity index (χ1n) is 6.37. The van der Waals surface area contributed by atoms with Gasteiger partial charge < -0.3 is 5.11 Å². The summed E-state index contributed by atoms with van der Waals surface area (Å²) in [6.07, 6.45) is 1.95. The van der Waals surface area contributed by atoms with Gasteiger partial charge in [-0.2, -0.15) is 0 Å². The van der Waals surface area contributed by atoms with Gasteiger partial charge >= 0.3 is 0 Å². The number of aliphatic hydroxyl groups is 1. The second kappa shape index (κ2) is 6.78. The third-order valence-corrected chi connectivity index (χ3v) is 2.92. The van der Waals surface area contributed by atoms with Crippen LogP contribution in [0.15, 0.2) is 60.2 Å². The lowest BCUT2D eigenvalue weighted by Crippen LogP contribution is -2.05. The first-order valence-corrected chi connectivity index (χ1v) is 6.37. The lowest BCUT2D eigenvalue weighted by atomic mass is 9.99. The molecule has 102 valence electrons. The van der Waals surface area contributed by atoms with Crippen molar-refractivity contribution in [3.05, 3.63) is 77.1 Å². The van der Waals surface area contributed by atoms with Crippen LogP contribution in [0, 0.1) is 5.82 Å². The summed E-state index contributed by atoms with van der Waals surface area (Å²) in [5.41, 5.74) is 1.82. The Morgan fingerprint density at radius 1 is 1.05 bits per heavy atom. The smallest absolute Gasteiger partial charge is 0.189 e. The molecule has 1 N–H and O–H groups in total. The van der Waals surface area contributed by atoms with Gasteiger partial charge in [-0.15, -0.1) is 0 Å². The molecule has 0 atom stereocenters. The van der Waals surface area contributed by atoms with Crippen LogP contribution in [0.4, 0.5) is 4.39 Å². The van der Waals surface area contributed by atoms with Crippen LogP contribution in [0.1, 0.15) is 22.3 Å². The van der Waals surface area contributed by atoms with Crippen LogP contribution in [-0.2, 0) is 0 Å². The highest BCUT2D eigenvalue weighted by atomic mass is 19.1. The van der Waals surface area contributed by atoms with Crippen LogP contribution in [0.2, 0.25) is 0 Å². The zero-order valence-corrected chi connectivity index (χ0v) is 10.9. The van der Waals surface area contributed by atoms with Gasteiger partial charge in [0, 0.05) is 17.7 Å². The van der Waals surface area contributed by atoms with Crippen LogP contribution in [-0.4, -0.2) is 17.5 Å². The number of hydrogen-bond donors (Lipinski definition) is 1. The SMILES string of the molecule is O=C(/C(=C/c1ccc(F)cc1)CCO)c1ccccc1. The summed E-state index contributed by atoms with van der Waals surface area (Å²) in [5, 5.41) is 9.10. The number of aliphatic hydroxyl groups excluding tert-OH is 1. The van der Waals surface area contributed by atoms with Crippen molar-refractivity contribution in [3.8, 4) is 0 Å². The molecule has 0 aliphatic rings. The number of benzene rings is 2. The van der Waals surface area contributed by atoms with Crippen molar-refractivity contribution in [2.24, 2.45) is 0 Å². The van der Waals surface area contributed by atoms with E-state index in [1.807, 2.05) is 6.07 Å². The van der Waals surface area contributed by atoms with Gasteiger partial charge in [-0.25, -0.2) is 4.39 Å². The molecule has 0 amide bonds. The fourth-order valence-corrected chi connectivity index (χ4v) is 1.91. The number of hydrogen-bond acceptors (Lipinski definition) is 2. The monoisotopic (exact) mass is 270 g/mol. The zero-order valence-electron chi connectivity index (χ0n) is 10.9. The highest BCUT2D eigenvalue weighted by Gasteiger charge is 2.11. The van der Waals surface area contributed by atoms with Crippen molar-refractivity contribution in [2.75, 3.05) is 6.61 Å². The van der Waals surface area contributed by atoms with Crippen molar-refractivity contribution in [1.29, 1.82) is 0 Å². The highest BCUT2D eigenvalue weighted by molar-refractivity contribution is 6.11. The van der Waals surface area contributed by atoms with Crippen LogP contribution < -0.4 is 0 Å². The summed E-state index contributed by atoms with van der Waals surface area (Å²) in [5.74, 6) is -0.441. The molecule has 2 aromatic rings. The van der Waals surface area contributed by atoms with Gasteiger partial charge in [-0.05, 0) is 30.2 Å². The van der Waals surface area contributed by atoms with Gasteiger partial charge in [0.25, 0.3) is 0 Å². The number of carbonyl (C=O) groups excluding carboxylic acids is 1. The topological polar surface area (TPSA) is 37.3 Å². The first-order chi connectivity index (χ1) is 9.70. The van der Waals surface area contributed by atoms with E-state index in [0.717, 1.165) is 5.56 Å². The molecule has 0 aliphatic heterocycles. The van der Waals surface area contributed by atoms with Crippen LogP contribution in [0.25, 0.3) is 6.08 Å². The number of rotatable bonds is 5. The van der Waals surface area contributed by atoms with Gasteiger partial charge in [0.15, 0.2) is 5.78 Å².